The first-order chi connectivity index (χ1) is 8.06. The SMILES string of the molecule is CC1CC(N)CCC1C(=O)NC1CCN(C)C1. The number of hydrogen-bond donors (Lipinski definition) is 2. The lowest BCUT2D eigenvalue weighted by atomic mass is 9.77. The first-order valence-electron chi connectivity index (χ1n) is 6.80. The third-order valence-corrected chi connectivity index (χ3v) is 4.28. The molecule has 2 fully saturated rings. The van der Waals surface area contributed by atoms with Crippen molar-refractivity contribution in [3.63, 3.8) is 0 Å². The van der Waals surface area contributed by atoms with E-state index in [-0.39, 0.29) is 11.8 Å². The van der Waals surface area contributed by atoms with Crippen LogP contribution in [0.15, 0.2) is 0 Å². The van der Waals surface area contributed by atoms with Gasteiger partial charge in [-0.2, -0.15) is 0 Å². The summed E-state index contributed by atoms with van der Waals surface area (Å²) in [5, 5.41) is 3.20. The highest BCUT2D eigenvalue weighted by atomic mass is 16.2. The molecule has 2 aliphatic rings. The summed E-state index contributed by atoms with van der Waals surface area (Å²) in [4.78, 5) is 14.5. The molecule has 4 unspecified atom stereocenters. The van der Waals surface area contributed by atoms with Crippen molar-refractivity contribution in [2.24, 2.45) is 17.6 Å². The van der Waals surface area contributed by atoms with Crippen LogP contribution in [0.1, 0.15) is 32.6 Å². The van der Waals surface area contributed by atoms with Crippen molar-refractivity contribution in [3.8, 4) is 0 Å². The maximum atomic E-state index is 12.2. The zero-order chi connectivity index (χ0) is 12.4. The Bertz CT molecular complexity index is 282. The highest BCUT2D eigenvalue weighted by Crippen LogP contribution is 2.29. The highest BCUT2D eigenvalue weighted by Gasteiger charge is 2.32. The van der Waals surface area contributed by atoms with Crippen molar-refractivity contribution in [3.05, 3.63) is 0 Å². The summed E-state index contributed by atoms with van der Waals surface area (Å²) in [5.74, 6) is 0.864. The van der Waals surface area contributed by atoms with E-state index < -0.39 is 0 Å². The van der Waals surface area contributed by atoms with Gasteiger partial charge in [-0.15, -0.1) is 0 Å². The quantitative estimate of drug-likeness (QED) is 0.741. The molecule has 1 amide bonds. The molecule has 2 rings (SSSR count). The monoisotopic (exact) mass is 239 g/mol. The molecule has 0 aromatic rings. The van der Waals surface area contributed by atoms with Gasteiger partial charge in [-0.25, -0.2) is 0 Å². The molecule has 1 aliphatic heterocycles. The summed E-state index contributed by atoms with van der Waals surface area (Å²) >= 11 is 0. The summed E-state index contributed by atoms with van der Waals surface area (Å²) < 4.78 is 0. The second kappa shape index (κ2) is 5.36. The lowest BCUT2D eigenvalue weighted by Gasteiger charge is -2.32. The van der Waals surface area contributed by atoms with Crippen molar-refractivity contribution in [1.29, 1.82) is 0 Å². The summed E-state index contributed by atoms with van der Waals surface area (Å²) in [6.07, 6.45) is 4.02. The summed E-state index contributed by atoms with van der Waals surface area (Å²) in [6, 6.07) is 0.655. The third kappa shape index (κ3) is 3.19. The Morgan fingerprint density at radius 1 is 1.35 bits per heavy atom. The topological polar surface area (TPSA) is 58.4 Å². The second-order valence-corrected chi connectivity index (χ2v) is 5.91. The van der Waals surface area contributed by atoms with Gasteiger partial charge >= 0.3 is 0 Å². The van der Waals surface area contributed by atoms with Crippen molar-refractivity contribution in [1.82, 2.24) is 10.2 Å². The van der Waals surface area contributed by atoms with Gasteiger partial charge in [0.05, 0.1) is 0 Å². The lowest BCUT2D eigenvalue weighted by Crippen LogP contribution is -2.45. The molecule has 0 bridgehead atoms. The predicted molar refractivity (Wildman–Crippen MR) is 68.5 cm³/mol. The zero-order valence-electron chi connectivity index (χ0n) is 11.0. The smallest absolute Gasteiger partial charge is 0.223 e. The van der Waals surface area contributed by atoms with Gasteiger partial charge in [0.15, 0.2) is 0 Å². The third-order valence-electron chi connectivity index (χ3n) is 4.28. The van der Waals surface area contributed by atoms with E-state index in [4.69, 9.17) is 5.73 Å². The number of carbonyl (C=O) groups excluding carboxylic acids is 1. The van der Waals surface area contributed by atoms with Gasteiger partial charge in [-0.1, -0.05) is 6.92 Å². The number of amides is 1. The van der Waals surface area contributed by atoms with Crippen LogP contribution in [0, 0.1) is 11.8 Å². The van der Waals surface area contributed by atoms with Crippen molar-refractivity contribution in [2.45, 2.75) is 44.7 Å². The van der Waals surface area contributed by atoms with Gasteiger partial charge in [0.1, 0.15) is 0 Å². The van der Waals surface area contributed by atoms with E-state index in [1.165, 1.54) is 0 Å². The predicted octanol–water partition coefficient (Wildman–Crippen LogP) is 0.570. The number of likely N-dealkylation sites (N-methyl/N-ethyl adjacent to an activating group) is 1. The van der Waals surface area contributed by atoms with E-state index >= 15 is 0 Å². The minimum absolute atomic E-state index is 0.181. The van der Waals surface area contributed by atoms with E-state index in [9.17, 15) is 4.79 Å². The molecular formula is C13H25N3O. The van der Waals surface area contributed by atoms with Gasteiger partial charge in [-0.05, 0) is 45.2 Å². The van der Waals surface area contributed by atoms with Crippen LogP contribution in [-0.2, 0) is 4.79 Å². The van der Waals surface area contributed by atoms with Gasteiger partial charge in [0.2, 0.25) is 5.91 Å². The molecule has 1 saturated carbocycles. The average molecular weight is 239 g/mol. The Balaban J connectivity index is 1.83. The Labute approximate surface area is 104 Å². The fourth-order valence-corrected chi connectivity index (χ4v) is 3.19. The van der Waals surface area contributed by atoms with Crippen LogP contribution in [0.2, 0.25) is 0 Å². The van der Waals surface area contributed by atoms with Crippen LogP contribution in [0.25, 0.3) is 0 Å². The molecule has 1 heterocycles. The van der Waals surface area contributed by atoms with Gasteiger partial charge in [-0.3, -0.25) is 4.79 Å². The molecule has 3 N–H and O–H groups in total. The van der Waals surface area contributed by atoms with Crippen LogP contribution < -0.4 is 11.1 Å². The fraction of sp³-hybridized carbons (Fsp3) is 0.923. The zero-order valence-corrected chi connectivity index (χ0v) is 11.0. The number of hydrogen-bond acceptors (Lipinski definition) is 3. The van der Waals surface area contributed by atoms with E-state index in [2.05, 4.69) is 24.2 Å². The van der Waals surface area contributed by atoms with Crippen LogP contribution in [0.5, 0.6) is 0 Å². The Morgan fingerprint density at radius 2 is 2.12 bits per heavy atom. The van der Waals surface area contributed by atoms with Gasteiger partial charge in [0.25, 0.3) is 0 Å². The summed E-state index contributed by atoms with van der Waals surface area (Å²) in [7, 11) is 2.11. The van der Waals surface area contributed by atoms with Crippen LogP contribution in [0.4, 0.5) is 0 Å². The lowest BCUT2D eigenvalue weighted by molar-refractivity contribution is -0.128. The summed E-state index contributed by atoms with van der Waals surface area (Å²) in [5.41, 5.74) is 5.93. The molecule has 0 aromatic carbocycles. The number of likely N-dealkylation sites (tertiary alicyclic amines) is 1. The van der Waals surface area contributed by atoms with Crippen LogP contribution in [-0.4, -0.2) is 43.0 Å². The molecular weight excluding hydrogens is 214 g/mol. The molecule has 1 saturated heterocycles. The molecule has 1 aliphatic carbocycles. The highest BCUT2D eigenvalue weighted by molar-refractivity contribution is 5.79. The van der Waals surface area contributed by atoms with Gasteiger partial charge < -0.3 is 16.0 Å². The first-order valence-corrected chi connectivity index (χ1v) is 6.80. The standard InChI is InChI=1S/C13H25N3O/c1-9-7-10(14)3-4-12(9)13(17)15-11-5-6-16(2)8-11/h9-12H,3-8,14H2,1-2H3,(H,15,17). The van der Waals surface area contributed by atoms with Crippen molar-refractivity contribution in [2.75, 3.05) is 20.1 Å². The molecule has 4 nitrogen and oxygen atoms in total. The number of nitrogens with zero attached hydrogens (tertiary/aromatic N) is 1. The minimum atomic E-state index is 0.181. The number of carbonyl (C=O) groups is 1. The van der Waals surface area contributed by atoms with E-state index in [1.807, 2.05) is 0 Å². The number of nitrogens with two attached hydrogens (primary N) is 1. The summed E-state index contributed by atoms with van der Waals surface area (Å²) in [6.45, 7) is 4.24. The molecule has 0 aromatic heterocycles. The van der Waals surface area contributed by atoms with E-state index in [0.717, 1.165) is 38.8 Å². The Hall–Kier alpha value is -0.610. The number of nitrogens with one attached hydrogen (secondary N) is 1. The average Bonchev–Trinajstić information content (AvgIpc) is 2.63. The van der Waals surface area contributed by atoms with Crippen molar-refractivity contribution >= 4 is 5.91 Å². The molecule has 0 spiro atoms. The molecule has 17 heavy (non-hydrogen) atoms. The van der Waals surface area contributed by atoms with E-state index in [0.29, 0.717) is 18.0 Å². The first kappa shape index (κ1) is 12.8. The fourth-order valence-electron chi connectivity index (χ4n) is 3.19. The molecule has 4 atom stereocenters. The normalized spacial score (nSPS) is 39.2. The largest absolute Gasteiger partial charge is 0.352 e. The maximum Gasteiger partial charge on any atom is 0.223 e. The second-order valence-electron chi connectivity index (χ2n) is 5.91. The Kier molecular flexibility index (Phi) is 4.05. The van der Waals surface area contributed by atoms with Crippen LogP contribution >= 0.6 is 0 Å². The Morgan fingerprint density at radius 3 is 2.71 bits per heavy atom. The minimum Gasteiger partial charge on any atom is -0.352 e. The molecule has 4 heteroatoms. The van der Waals surface area contributed by atoms with Gasteiger partial charge in [0, 0.05) is 24.5 Å². The van der Waals surface area contributed by atoms with E-state index in [1.54, 1.807) is 0 Å². The number of rotatable bonds is 2. The van der Waals surface area contributed by atoms with Crippen LogP contribution in [0.3, 0.4) is 0 Å². The molecule has 0 radical (unpaired) electrons. The van der Waals surface area contributed by atoms with Crippen molar-refractivity contribution < 1.29 is 4.79 Å². The molecule has 98 valence electrons. The maximum absolute atomic E-state index is 12.2.